The quantitative estimate of drug-likeness (QED) is 0.770. The maximum absolute atomic E-state index is 6.17. The van der Waals surface area contributed by atoms with Gasteiger partial charge in [-0.15, -0.1) is 0 Å². The highest BCUT2D eigenvalue weighted by atomic mass is 35.5. The van der Waals surface area contributed by atoms with Crippen molar-refractivity contribution in [1.29, 1.82) is 0 Å². The van der Waals surface area contributed by atoms with Crippen LogP contribution in [0.1, 0.15) is 24.0 Å². The fourth-order valence-electron chi connectivity index (χ4n) is 2.04. The molecular formula is C11H12ClNO. The normalized spacial score (nSPS) is 21.6. The topological polar surface area (TPSA) is 35.2 Å². The zero-order valence-electron chi connectivity index (χ0n) is 7.85. The SMILES string of the molecule is NC1(c2cc(Cl)cc3c2OCC3)CC1. The van der Waals surface area contributed by atoms with Gasteiger partial charge in [-0.25, -0.2) is 0 Å². The number of rotatable bonds is 1. The van der Waals surface area contributed by atoms with Gasteiger partial charge in [0.15, 0.2) is 0 Å². The molecule has 0 spiro atoms. The van der Waals surface area contributed by atoms with Crippen LogP contribution in [0.4, 0.5) is 0 Å². The number of halogens is 1. The number of hydrogen-bond donors (Lipinski definition) is 1. The molecule has 1 fully saturated rings. The molecule has 3 rings (SSSR count). The van der Waals surface area contributed by atoms with E-state index in [0.29, 0.717) is 0 Å². The molecule has 1 heterocycles. The van der Waals surface area contributed by atoms with Crippen LogP contribution in [0.2, 0.25) is 5.02 Å². The van der Waals surface area contributed by atoms with E-state index < -0.39 is 0 Å². The van der Waals surface area contributed by atoms with Gasteiger partial charge < -0.3 is 10.5 Å². The first-order valence-electron chi connectivity index (χ1n) is 4.94. The summed E-state index contributed by atoms with van der Waals surface area (Å²) in [4.78, 5) is 0. The zero-order valence-corrected chi connectivity index (χ0v) is 8.60. The largest absolute Gasteiger partial charge is 0.493 e. The lowest BCUT2D eigenvalue weighted by Crippen LogP contribution is -2.19. The molecule has 2 nitrogen and oxygen atoms in total. The van der Waals surface area contributed by atoms with E-state index in [0.717, 1.165) is 42.2 Å². The molecule has 1 aliphatic carbocycles. The maximum Gasteiger partial charge on any atom is 0.127 e. The van der Waals surface area contributed by atoms with Gasteiger partial charge in [0.2, 0.25) is 0 Å². The van der Waals surface area contributed by atoms with Crippen LogP contribution in [0.15, 0.2) is 12.1 Å². The van der Waals surface area contributed by atoms with Crippen LogP contribution < -0.4 is 10.5 Å². The molecule has 0 saturated heterocycles. The number of hydrogen-bond acceptors (Lipinski definition) is 2. The lowest BCUT2D eigenvalue weighted by molar-refractivity contribution is 0.350. The van der Waals surface area contributed by atoms with Gasteiger partial charge in [-0.3, -0.25) is 0 Å². The molecule has 1 aromatic rings. The number of nitrogens with two attached hydrogens (primary N) is 1. The minimum Gasteiger partial charge on any atom is -0.493 e. The van der Waals surface area contributed by atoms with Gasteiger partial charge in [0.05, 0.1) is 6.61 Å². The lowest BCUT2D eigenvalue weighted by Gasteiger charge is -2.14. The Balaban J connectivity index is 2.19. The highest BCUT2D eigenvalue weighted by Gasteiger charge is 2.43. The Morgan fingerprint density at radius 1 is 1.36 bits per heavy atom. The third-order valence-corrected chi connectivity index (χ3v) is 3.29. The summed E-state index contributed by atoms with van der Waals surface area (Å²) in [5.41, 5.74) is 8.34. The first-order chi connectivity index (χ1) is 6.69. The summed E-state index contributed by atoms with van der Waals surface area (Å²) in [7, 11) is 0. The van der Waals surface area contributed by atoms with Crippen LogP contribution in [0, 0.1) is 0 Å². The summed E-state index contributed by atoms with van der Waals surface area (Å²) in [5.74, 6) is 0.995. The fourth-order valence-corrected chi connectivity index (χ4v) is 2.28. The van der Waals surface area contributed by atoms with Gasteiger partial charge in [0, 0.05) is 22.5 Å². The summed E-state index contributed by atoms with van der Waals surface area (Å²) in [5, 5.41) is 0.779. The molecule has 1 aliphatic heterocycles. The molecular weight excluding hydrogens is 198 g/mol. The summed E-state index contributed by atoms with van der Waals surface area (Å²) in [6.45, 7) is 0.763. The Labute approximate surface area is 88.0 Å². The molecule has 0 radical (unpaired) electrons. The second-order valence-electron chi connectivity index (χ2n) is 4.20. The van der Waals surface area contributed by atoms with Crippen LogP contribution in [0.3, 0.4) is 0 Å². The number of ether oxygens (including phenoxy) is 1. The van der Waals surface area contributed by atoms with Gasteiger partial charge in [-0.1, -0.05) is 11.6 Å². The van der Waals surface area contributed by atoms with Crippen LogP contribution in [0.25, 0.3) is 0 Å². The van der Waals surface area contributed by atoms with E-state index in [1.807, 2.05) is 12.1 Å². The molecule has 74 valence electrons. The predicted octanol–water partition coefficient (Wildman–Crippen LogP) is 2.22. The molecule has 0 bridgehead atoms. The van der Waals surface area contributed by atoms with Crippen molar-refractivity contribution >= 4 is 11.6 Å². The van der Waals surface area contributed by atoms with Crippen molar-refractivity contribution < 1.29 is 4.74 Å². The van der Waals surface area contributed by atoms with E-state index in [1.54, 1.807) is 0 Å². The molecule has 14 heavy (non-hydrogen) atoms. The van der Waals surface area contributed by atoms with Crippen molar-refractivity contribution in [3.05, 3.63) is 28.3 Å². The van der Waals surface area contributed by atoms with E-state index in [9.17, 15) is 0 Å². The van der Waals surface area contributed by atoms with Crippen LogP contribution >= 0.6 is 11.6 Å². The first-order valence-corrected chi connectivity index (χ1v) is 5.31. The zero-order chi connectivity index (χ0) is 9.76. The average molecular weight is 210 g/mol. The second kappa shape index (κ2) is 2.65. The van der Waals surface area contributed by atoms with Gasteiger partial charge >= 0.3 is 0 Å². The minimum atomic E-state index is -0.153. The second-order valence-corrected chi connectivity index (χ2v) is 4.63. The van der Waals surface area contributed by atoms with E-state index in [-0.39, 0.29) is 5.54 Å². The molecule has 1 aromatic carbocycles. The summed E-state index contributed by atoms with van der Waals surface area (Å²) in [6, 6.07) is 3.94. The van der Waals surface area contributed by atoms with Gasteiger partial charge in [-0.05, 0) is 30.5 Å². The molecule has 2 aliphatic rings. The van der Waals surface area contributed by atoms with Crippen molar-refractivity contribution in [2.45, 2.75) is 24.8 Å². The van der Waals surface area contributed by atoms with E-state index >= 15 is 0 Å². The minimum absolute atomic E-state index is 0.153. The maximum atomic E-state index is 6.17. The highest BCUT2D eigenvalue weighted by molar-refractivity contribution is 6.30. The highest BCUT2D eigenvalue weighted by Crippen LogP contribution is 2.49. The number of benzene rings is 1. The van der Waals surface area contributed by atoms with E-state index in [4.69, 9.17) is 22.1 Å². The van der Waals surface area contributed by atoms with Crippen molar-refractivity contribution in [2.75, 3.05) is 6.61 Å². The molecule has 2 N–H and O–H groups in total. The Hall–Kier alpha value is -0.730. The van der Waals surface area contributed by atoms with E-state index in [2.05, 4.69) is 0 Å². The summed E-state index contributed by atoms with van der Waals surface area (Å²) >= 11 is 6.05. The van der Waals surface area contributed by atoms with Gasteiger partial charge in [0.25, 0.3) is 0 Å². The Bertz CT molecular complexity index is 399. The Morgan fingerprint density at radius 2 is 2.14 bits per heavy atom. The Morgan fingerprint density at radius 3 is 2.86 bits per heavy atom. The third-order valence-electron chi connectivity index (χ3n) is 3.07. The lowest BCUT2D eigenvalue weighted by atomic mass is 10.0. The molecule has 0 aromatic heterocycles. The van der Waals surface area contributed by atoms with E-state index in [1.165, 1.54) is 5.56 Å². The van der Waals surface area contributed by atoms with Crippen molar-refractivity contribution in [1.82, 2.24) is 0 Å². The summed E-state index contributed by atoms with van der Waals surface area (Å²) in [6.07, 6.45) is 3.05. The third kappa shape index (κ3) is 1.14. The molecule has 1 saturated carbocycles. The molecule has 0 amide bonds. The molecule has 0 atom stereocenters. The van der Waals surface area contributed by atoms with Gasteiger partial charge in [-0.2, -0.15) is 0 Å². The smallest absolute Gasteiger partial charge is 0.127 e. The predicted molar refractivity (Wildman–Crippen MR) is 55.8 cm³/mol. The average Bonchev–Trinajstić information content (AvgIpc) is 2.74. The fraction of sp³-hybridized carbons (Fsp3) is 0.455. The molecule has 3 heteroatoms. The van der Waals surface area contributed by atoms with Crippen molar-refractivity contribution in [3.63, 3.8) is 0 Å². The van der Waals surface area contributed by atoms with Crippen molar-refractivity contribution in [2.24, 2.45) is 5.73 Å². The summed E-state index contributed by atoms with van der Waals surface area (Å²) < 4.78 is 5.61. The first kappa shape index (κ1) is 8.57. The van der Waals surface area contributed by atoms with Crippen LogP contribution in [-0.4, -0.2) is 6.61 Å². The molecule has 0 unspecified atom stereocenters. The Kier molecular flexibility index (Phi) is 1.62. The standard InChI is InChI=1S/C11H12ClNO/c12-8-5-7-1-4-14-10(7)9(6-8)11(13)2-3-11/h5-6H,1-4,13H2. The van der Waals surface area contributed by atoms with Crippen LogP contribution in [-0.2, 0) is 12.0 Å². The van der Waals surface area contributed by atoms with Crippen LogP contribution in [0.5, 0.6) is 5.75 Å². The monoisotopic (exact) mass is 209 g/mol. The van der Waals surface area contributed by atoms with Crippen molar-refractivity contribution in [3.8, 4) is 5.75 Å². The van der Waals surface area contributed by atoms with Gasteiger partial charge in [0.1, 0.15) is 5.75 Å². The number of fused-ring (bicyclic) bond motifs is 1.